The lowest BCUT2D eigenvalue weighted by Crippen LogP contribution is -2.30. The number of nitrogens with one attached hydrogen (secondary N) is 1. The first-order valence-corrected chi connectivity index (χ1v) is 10.2. The van der Waals surface area contributed by atoms with Gasteiger partial charge < -0.3 is 24.3 Å². The summed E-state index contributed by atoms with van der Waals surface area (Å²) in [5, 5.41) is 23.0. The van der Waals surface area contributed by atoms with Gasteiger partial charge in [-0.1, -0.05) is 15.9 Å². The van der Waals surface area contributed by atoms with E-state index in [9.17, 15) is 29.3 Å². The van der Waals surface area contributed by atoms with Crippen molar-refractivity contribution in [3.8, 4) is 5.75 Å². The van der Waals surface area contributed by atoms with Gasteiger partial charge in [0.25, 0.3) is 5.91 Å². The lowest BCUT2D eigenvalue weighted by atomic mass is 10.1. The van der Waals surface area contributed by atoms with Crippen LogP contribution in [0.3, 0.4) is 0 Å². The van der Waals surface area contributed by atoms with Gasteiger partial charge in [0.05, 0.1) is 18.6 Å². The number of rotatable bonds is 8. The van der Waals surface area contributed by atoms with Crippen molar-refractivity contribution in [2.75, 3.05) is 7.11 Å². The van der Waals surface area contributed by atoms with E-state index in [1.807, 2.05) is 0 Å². The number of methoxy groups -OCH3 is 1. The number of urea groups is 1. The minimum absolute atomic E-state index is 0.0225. The molecule has 1 aliphatic heterocycles. The van der Waals surface area contributed by atoms with E-state index in [4.69, 9.17) is 14.3 Å². The summed E-state index contributed by atoms with van der Waals surface area (Å²) in [4.78, 5) is 59.5. The molecule has 0 bridgehead atoms. The van der Waals surface area contributed by atoms with Crippen molar-refractivity contribution in [2.24, 2.45) is 0 Å². The molecule has 0 saturated carbocycles. The lowest BCUT2D eigenvalue weighted by Gasteiger charge is -2.14. The first kappa shape index (κ1) is 24.4. The summed E-state index contributed by atoms with van der Waals surface area (Å²) in [5.74, 6) is -3.27. The Kier molecular flexibility index (Phi) is 7.00. The molecule has 1 aromatic carbocycles. The van der Waals surface area contributed by atoms with Crippen LogP contribution < -0.4 is 10.1 Å². The smallest absolute Gasteiger partial charge is 0.373 e. The number of amides is 3. The maximum absolute atomic E-state index is 12.8. The summed E-state index contributed by atoms with van der Waals surface area (Å²) in [6.07, 6.45) is -0.311. The lowest BCUT2D eigenvalue weighted by molar-refractivity contribution is -0.386. The predicted octanol–water partition coefficient (Wildman–Crippen LogP) is 2.68. The summed E-state index contributed by atoms with van der Waals surface area (Å²) in [7, 11) is 1.17. The highest BCUT2D eigenvalue weighted by Crippen LogP contribution is 2.37. The summed E-state index contributed by atoms with van der Waals surface area (Å²) in [6, 6.07) is 4.39. The fraction of sp³-hybridized carbons (Fsp3) is 0.200. The molecule has 13 nitrogen and oxygen atoms in total. The van der Waals surface area contributed by atoms with Crippen LogP contribution in [0.2, 0.25) is 0 Å². The average Bonchev–Trinajstić information content (AvgIpc) is 3.35. The van der Waals surface area contributed by atoms with Gasteiger partial charge in [0.1, 0.15) is 11.5 Å². The molecule has 2 heterocycles. The topological polar surface area (TPSA) is 179 Å². The molecule has 1 fully saturated rings. The van der Waals surface area contributed by atoms with Crippen molar-refractivity contribution >= 4 is 51.6 Å². The quantitative estimate of drug-likeness (QED) is 0.167. The Morgan fingerprint density at radius 3 is 2.68 bits per heavy atom. The highest BCUT2D eigenvalue weighted by molar-refractivity contribution is 9.10. The van der Waals surface area contributed by atoms with Gasteiger partial charge in [0, 0.05) is 16.1 Å². The van der Waals surface area contributed by atoms with E-state index in [0.29, 0.717) is 0 Å². The van der Waals surface area contributed by atoms with E-state index in [0.717, 1.165) is 17.0 Å². The number of nitrogens with zero attached hydrogens (tertiary/aromatic N) is 2. The number of hydrogen-bond donors (Lipinski definition) is 2. The molecular weight excluding hydrogens is 522 g/mol. The van der Waals surface area contributed by atoms with Crippen molar-refractivity contribution < 1.29 is 43.1 Å². The number of nitro benzene ring substituents is 1. The summed E-state index contributed by atoms with van der Waals surface area (Å²) >= 11 is 3.12. The molecule has 14 heteroatoms. The molecule has 1 saturated heterocycles. The molecule has 0 spiro atoms. The number of ether oxygens (including phenoxy) is 2. The second-order valence-electron chi connectivity index (χ2n) is 6.84. The average molecular weight is 538 g/mol. The van der Waals surface area contributed by atoms with Gasteiger partial charge in [-0.05, 0) is 31.2 Å². The Morgan fingerprint density at radius 1 is 1.35 bits per heavy atom. The number of halogens is 1. The summed E-state index contributed by atoms with van der Waals surface area (Å²) < 4.78 is 15.3. The number of benzene rings is 1. The minimum Gasteiger partial charge on any atom is -0.479 e. The van der Waals surface area contributed by atoms with Gasteiger partial charge in [-0.25, -0.2) is 14.4 Å². The maximum atomic E-state index is 12.8. The van der Waals surface area contributed by atoms with Gasteiger partial charge in [0.2, 0.25) is 11.5 Å². The zero-order valence-electron chi connectivity index (χ0n) is 17.6. The normalized spacial score (nSPS) is 15.3. The van der Waals surface area contributed by atoms with E-state index in [1.165, 1.54) is 32.2 Å². The molecule has 1 aromatic heterocycles. The van der Waals surface area contributed by atoms with Gasteiger partial charge in [-0.15, -0.1) is 0 Å². The number of hydrogen-bond acceptors (Lipinski definition) is 9. The van der Waals surface area contributed by atoms with Crippen LogP contribution in [0.1, 0.15) is 28.8 Å². The number of imide groups is 1. The van der Waals surface area contributed by atoms with Gasteiger partial charge in [-0.3, -0.25) is 19.8 Å². The number of furan rings is 1. The zero-order chi connectivity index (χ0) is 25.2. The monoisotopic (exact) mass is 537 g/mol. The third-order valence-corrected chi connectivity index (χ3v) is 4.98. The Bertz CT molecular complexity index is 1240. The first-order valence-electron chi connectivity index (χ1n) is 9.40. The Hall–Kier alpha value is -4.20. The van der Waals surface area contributed by atoms with Crippen LogP contribution in [-0.4, -0.2) is 52.0 Å². The molecule has 0 unspecified atom stereocenters. The predicted molar refractivity (Wildman–Crippen MR) is 116 cm³/mol. The van der Waals surface area contributed by atoms with Crippen LogP contribution in [-0.2, 0) is 20.9 Å². The molecule has 1 atom stereocenters. The van der Waals surface area contributed by atoms with Crippen molar-refractivity contribution in [1.82, 2.24) is 10.2 Å². The van der Waals surface area contributed by atoms with Gasteiger partial charge >= 0.3 is 23.7 Å². The second kappa shape index (κ2) is 9.74. The number of carboxylic acids is 1. The minimum atomic E-state index is -1.44. The van der Waals surface area contributed by atoms with Crippen molar-refractivity contribution in [1.29, 1.82) is 0 Å². The SMILES string of the molecule is COC(=O)c1ccc(CN2C(=O)N/C(=C\c3cc(Br)cc([N+](=O)[O-])c3O[C@@H](C)C(=O)O)C2=O)o1. The number of aliphatic carboxylic acids is 1. The van der Waals surface area contributed by atoms with Crippen molar-refractivity contribution in [3.05, 3.63) is 61.6 Å². The number of carbonyl (C=O) groups is 4. The first-order chi connectivity index (χ1) is 16.0. The third-order valence-electron chi connectivity index (χ3n) is 4.53. The molecule has 0 radical (unpaired) electrons. The van der Waals surface area contributed by atoms with Crippen molar-refractivity contribution in [3.63, 3.8) is 0 Å². The fourth-order valence-corrected chi connectivity index (χ4v) is 3.36. The molecular formula is C20H16BrN3O10. The van der Waals surface area contributed by atoms with E-state index >= 15 is 0 Å². The molecule has 178 valence electrons. The molecule has 2 aromatic rings. The number of nitro groups is 1. The third kappa shape index (κ3) is 5.06. The second-order valence-corrected chi connectivity index (χ2v) is 7.75. The summed E-state index contributed by atoms with van der Waals surface area (Å²) in [5.41, 5.74) is -0.815. The van der Waals surface area contributed by atoms with E-state index in [2.05, 4.69) is 26.0 Å². The highest BCUT2D eigenvalue weighted by atomic mass is 79.9. The van der Waals surface area contributed by atoms with Crippen LogP contribution in [0.4, 0.5) is 10.5 Å². The van der Waals surface area contributed by atoms with Crippen LogP contribution in [0.15, 0.2) is 38.9 Å². The van der Waals surface area contributed by atoms with Crippen LogP contribution in [0.5, 0.6) is 5.75 Å². The molecule has 3 amide bonds. The van der Waals surface area contributed by atoms with Crippen LogP contribution in [0.25, 0.3) is 6.08 Å². The van der Waals surface area contributed by atoms with E-state index in [1.54, 1.807) is 0 Å². The van der Waals surface area contributed by atoms with Crippen LogP contribution in [0, 0.1) is 10.1 Å². The largest absolute Gasteiger partial charge is 0.479 e. The number of carboxylic acid groups (broad SMARTS) is 1. The molecule has 34 heavy (non-hydrogen) atoms. The standard InChI is InChI=1S/C20H16BrN3O10/c1-9(18(26)27)33-16-10(5-11(21)7-14(16)24(30)31)6-13-17(25)23(20(29)22-13)8-12-3-4-15(34-12)19(28)32-2/h3-7,9H,8H2,1-2H3,(H,22,29)(H,26,27)/b13-6-/t9-/m0/s1. The Balaban J connectivity index is 1.95. The Labute approximate surface area is 199 Å². The highest BCUT2D eigenvalue weighted by Gasteiger charge is 2.35. The van der Waals surface area contributed by atoms with Crippen LogP contribution >= 0.6 is 15.9 Å². The molecule has 2 N–H and O–H groups in total. The zero-order valence-corrected chi connectivity index (χ0v) is 19.2. The molecule has 1 aliphatic rings. The van der Waals surface area contributed by atoms with Gasteiger partial charge in [0.15, 0.2) is 6.10 Å². The fourth-order valence-electron chi connectivity index (χ4n) is 2.90. The molecule has 3 rings (SSSR count). The Morgan fingerprint density at radius 2 is 2.06 bits per heavy atom. The van der Waals surface area contributed by atoms with Crippen molar-refractivity contribution in [2.45, 2.75) is 19.6 Å². The number of carbonyl (C=O) groups excluding carboxylic acids is 3. The summed E-state index contributed by atoms with van der Waals surface area (Å²) in [6.45, 7) is 0.873. The molecule has 0 aliphatic carbocycles. The van der Waals surface area contributed by atoms with Gasteiger partial charge in [-0.2, -0.15) is 0 Å². The van der Waals surface area contributed by atoms with E-state index < -0.39 is 46.3 Å². The van der Waals surface area contributed by atoms with E-state index in [-0.39, 0.29) is 33.8 Å². The number of esters is 1. The maximum Gasteiger partial charge on any atom is 0.373 e.